The van der Waals surface area contributed by atoms with Crippen LogP contribution in [0.1, 0.15) is 44.7 Å². The molecule has 0 unspecified atom stereocenters. The van der Waals surface area contributed by atoms with Crippen molar-refractivity contribution in [2.75, 3.05) is 5.32 Å². The Labute approximate surface area is 211 Å². The van der Waals surface area contributed by atoms with Crippen molar-refractivity contribution in [2.45, 2.75) is 45.3 Å². The van der Waals surface area contributed by atoms with Crippen LogP contribution in [-0.4, -0.2) is 26.7 Å². The molecule has 1 saturated carbocycles. The van der Waals surface area contributed by atoms with E-state index in [0.717, 1.165) is 31.4 Å². The number of rotatable bonds is 6. The summed E-state index contributed by atoms with van der Waals surface area (Å²) in [5, 5.41) is 12.8. The minimum atomic E-state index is -0.977. The van der Waals surface area contributed by atoms with Gasteiger partial charge in [0, 0.05) is 35.5 Å². The van der Waals surface area contributed by atoms with Crippen LogP contribution in [-0.2, 0) is 4.74 Å². The molecule has 2 heterocycles. The highest BCUT2D eigenvalue weighted by Crippen LogP contribution is 2.44. The minimum absolute atomic E-state index is 0.0489. The molecule has 1 aliphatic rings. The lowest BCUT2D eigenvalue weighted by atomic mass is 9.92. The number of nitrogens with one attached hydrogen (secondary N) is 1. The van der Waals surface area contributed by atoms with Crippen molar-refractivity contribution in [1.82, 2.24) is 14.5 Å². The quantitative estimate of drug-likeness (QED) is 0.313. The zero-order valence-corrected chi connectivity index (χ0v) is 20.2. The van der Waals surface area contributed by atoms with Crippen LogP contribution < -0.4 is 10.1 Å². The molecule has 1 fully saturated rings. The van der Waals surface area contributed by atoms with Gasteiger partial charge in [0.25, 0.3) is 0 Å². The van der Waals surface area contributed by atoms with Crippen LogP contribution in [0.4, 0.5) is 19.3 Å². The van der Waals surface area contributed by atoms with E-state index >= 15 is 8.78 Å². The minimum Gasteiger partial charge on any atom is -0.447 e. The molecule has 1 amide bonds. The number of carbonyl (C=O) groups excluding carboxylic acids is 1. The number of amides is 1. The zero-order valence-electron chi connectivity index (χ0n) is 20.2. The first-order valence-electron chi connectivity index (χ1n) is 11.9. The number of nitriles is 1. The van der Waals surface area contributed by atoms with E-state index in [1.165, 1.54) is 0 Å². The molecule has 0 saturated heterocycles. The topological polar surface area (TPSA) is 102 Å². The summed E-state index contributed by atoms with van der Waals surface area (Å²) in [6, 6.07) is 11.6. The van der Waals surface area contributed by atoms with Crippen LogP contribution in [0.5, 0.6) is 11.8 Å². The predicted molar refractivity (Wildman–Crippen MR) is 132 cm³/mol. The summed E-state index contributed by atoms with van der Waals surface area (Å²) in [5.74, 6) is -1.49. The van der Waals surface area contributed by atoms with Gasteiger partial charge >= 0.3 is 12.1 Å². The predicted octanol–water partition coefficient (Wildman–Crippen LogP) is 6.72. The van der Waals surface area contributed by atoms with Crippen molar-refractivity contribution >= 4 is 22.7 Å². The van der Waals surface area contributed by atoms with Crippen LogP contribution in [0.3, 0.4) is 0 Å². The first kappa shape index (κ1) is 24.2. The van der Waals surface area contributed by atoms with Crippen LogP contribution in [0.25, 0.3) is 22.2 Å². The van der Waals surface area contributed by atoms with Crippen molar-refractivity contribution in [2.24, 2.45) is 0 Å². The Hall–Kier alpha value is -4.52. The number of halogens is 2. The van der Waals surface area contributed by atoms with E-state index in [0.29, 0.717) is 27.9 Å². The van der Waals surface area contributed by atoms with Gasteiger partial charge < -0.3 is 14.0 Å². The van der Waals surface area contributed by atoms with E-state index in [2.05, 4.69) is 21.4 Å². The summed E-state index contributed by atoms with van der Waals surface area (Å²) in [7, 11) is 0. The highest BCUT2D eigenvalue weighted by atomic mass is 19.1. The molecular formula is C27H23F2N5O3. The maximum atomic E-state index is 15.1. The third-order valence-electron chi connectivity index (χ3n) is 6.16. The Kier molecular flexibility index (Phi) is 6.44. The first-order valence-corrected chi connectivity index (χ1v) is 11.9. The lowest BCUT2D eigenvalue weighted by molar-refractivity contribution is 0.129. The molecule has 2 aromatic carbocycles. The number of nitrogens with zero attached hydrogens (tertiary/aromatic N) is 4. The van der Waals surface area contributed by atoms with Crippen molar-refractivity contribution in [3.05, 3.63) is 66.0 Å². The van der Waals surface area contributed by atoms with E-state index in [9.17, 15) is 10.1 Å². The van der Waals surface area contributed by atoms with Gasteiger partial charge in [-0.25, -0.2) is 23.5 Å². The molecule has 8 nitrogen and oxygen atoms in total. The Morgan fingerprint density at radius 3 is 2.46 bits per heavy atom. The molecule has 188 valence electrons. The Balaban J connectivity index is 1.62. The molecule has 0 radical (unpaired) electrons. The summed E-state index contributed by atoms with van der Waals surface area (Å²) in [6.07, 6.45) is 4.44. The molecule has 37 heavy (non-hydrogen) atoms. The van der Waals surface area contributed by atoms with Crippen molar-refractivity contribution in [1.29, 1.82) is 5.26 Å². The Morgan fingerprint density at radius 2 is 1.86 bits per heavy atom. The molecule has 5 rings (SSSR count). The van der Waals surface area contributed by atoms with Crippen molar-refractivity contribution in [3.63, 3.8) is 0 Å². The zero-order chi connectivity index (χ0) is 26.1. The van der Waals surface area contributed by atoms with E-state index in [4.69, 9.17) is 9.47 Å². The molecule has 0 atom stereocenters. The fraction of sp³-hybridized carbons (Fsp3) is 0.259. The van der Waals surface area contributed by atoms with Crippen molar-refractivity contribution < 1.29 is 23.0 Å². The van der Waals surface area contributed by atoms with Crippen LogP contribution in [0.15, 0.2) is 48.8 Å². The van der Waals surface area contributed by atoms with Gasteiger partial charge in [-0.1, -0.05) is 0 Å². The average molecular weight is 504 g/mol. The highest BCUT2D eigenvalue weighted by Gasteiger charge is 2.29. The smallest absolute Gasteiger partial charge is 0.412 e. The summed E-state index contributed by atoms with van der Waals surface area (Å²) >= 11 is 0. The van der Waals surface area contributed by atoms with Crippen molar-refractivity contribution in [3.8, 4) is 29.1 Å². The molecular weight excluding hydrogens is 480 g/mol. The SMILES string of the molecule is CC(C)OC(=O)Nc1c(F)cc(-c2c(C#N)c3ccc(Oc4ncccn4)cc3n2C2CCC2)cc1F. The monoisotopic (exact) mass is 503 g/mol. The van der Waals surface area contributed by atoms with Gasteiger partial charge in [0.2, 0.25) is 0 Å². The maximum absolute atomic E-state index is 15.1. The number of ether oxygens (including phenoxy) is 2. The van der Waals surface area contributed by atoms with Gasteiger partial charge in [-0.05, 0) is 63.4 Å². The van der Waals surface area contributed by atoms with Gasteiger partial charge in [-0.2, -0.15) is 5.26 Å². The molecule has 0 aliphatic heterocycles. The van der Waals surface area contributed by atoms with Gasteiger partial charge in [-0.15, -0.1) is 0 Å². The normalized spacial score (nSPS) is 13.3. The fourth-order valence-corrected chi connectivity index (χ4v) is 4.39. The van der Waals surface area contributed by atoms with Crippen LogP contribution in [0.2, 0.25) is 0 Å². The molecule has 1 aliphatic carbocycles. The molecule has 0 bridgehead atoms. The van der Waals surface area contributed by atoms with Gasteiger partial charge in [0.1, 0.15) is 17.5 Å². The molecule has 0 spiro atoms. The fourth-order valence-electron chi connectivity index (χ4n) is 4.39. The van der Waals surface area contributed by atoms with E-state index in [1.54, 1.807) is 50.5 Å². The molecule has 1 N–H and O–H groups in total. The van der Waals surface area contributed by atoms with Crippen LogP contribution in [0, 0.1) is 23.0 Å². The molecule has 2 aromatic heterocycles. The summed E-state index contributed by atoms with van der Waals surface area (Å²) in [6.45, 7) is 3.25. The second kappa shape index (κ2) is 9.85. The number of hydrogen-bond donors (Lipinski definition) is 1. The van der Waals surface area contributed by atoms with Gasteiger partial charge in [0.15, 0.2) is 11.6 Å². The summed E-state index contributed by atoms with van der Waals surface area (Å²) in [4.78, 5) is 20.1. The highest BCUT2D eigenvalue weighted by molar-refractivity contribution is 5.96. The standard InChI is InChI=1S/C27H23F2N5O3/c1-15(2)36-27(35)33-24-21(28)11-16(12-22(24)29)25-20(14-30)19-8-7-18(37-26-31-9-4-10-32-26)13-23(19)34(25)17-5-3-6-17/h4,7-13,15,17H,3,5-6H2,1-2H3,(H,33,35). The number of carbonyl (C=O) groups is 1. The first-order chi connectivity index (χ1) is 17.9. The van der Waals surface area contributed by atoms with E-state index in [1.807, 2.05) is 4.57 Å². The van der Waals surface area contributed by atoms with Crippen LogP contribution >= 0.6 is 0 Å². The lowest BCUT2D eigenvalue weighted by Gasteiger charge is -2.30. The second-order valence-electron chi connectivity index (χ2n) is 9.00. The molecule has 10 heteroatoms. The third-order valence-corrected chi connectivity index (χ3v) is 6.16. The van der Waals surface area contributed by atoms with Gasteiger partial charge in [0.05, 0.1) is 22.9 Å². The van der Waals surface area contributed by atoms with E-state index < -0.39 is 29.5 Å². The third kappa shape index (κ3) is 4.68. The average Bonchev–Trinajstić information content (AvgIpc) is 3.13. The number of fused-ring (bicyclic) bond motifs is 1. The Bertz CT molecular complexity index is 1500. The molecule has 4 aromatic rings. The number of aromatic nitrogens is 3. The maximum Gasteiger partial charge on any atom is 0.412 e. The largest absolute Gasteiger partial charge is 0.447 e. The number of anilines is 1. The van der Waals surface area contributed by atoms with Gasteiger partial charge in [-0.3, -0.25) is 5.32 Å². The summed E-state index contributed by atoms with van der Waals surface area (Å²) in [5.41, 5.74) is 0.977. The summed E-state index contributed by atoms with van der Waals surface area (Å²) < 4.78 is 42.8. The number of benzene rings is 2. The lowest BCUT2D eigenvalue weighted by Crippen LogP contribution is -2.20. The van der Waals surface area contributed by atoms with E-state index in [-0.39, 0.29) is 17.6 Å². The number of hydrogen-bond acceptors (Lipinski definition) is 6. The Morgan fingerprint density at radius 1 is 1.16 bits per heavy atom. The second-order valence-corrected chi connectivity index (χ2v) is 9.00.